The Morgan fingerprint density at radius 1 is 0.667 bits per heavy atom. The molecule has 5 rings (SSSR count). The van der Waals surface area contributed by atoms with Crippen molar-refractivity contribution in [2.45, 2.75) is 53.3 Å². The lowest BCUT2D eigenvalue weighted by atomic mass is 9.53. The second kappa shape index (κ2) is 11.2. The van der Waals surface area contributed by atoms with Crippen molar-refractivity contribution in [1.82, 2.24) is 10.6 Å². The average molecular weight is 514 g/mol. The van der Waals surface area contributed by atoms with Gasteiger partial charge in [-0.1, -0.05) is 150 Å². The fourth-order valence-electron chi connectivity index (χ4n) is 4.91. The van der Waals surface area contributed by atoms with Crippen molar-refractivity contribution in [2.24, 2.45) is 15.8 Å². The Bertz CT molecular complexity index is 1420. The fraction of sp³-hybridized carbons (Fsp3) is 0.286. The van der Waals surface area contributed by atoms with Crippen LogP contribution in [0.1, 0.15) is 63.6 Å². The molecule has 1 aliphatic heterocycles. The summed E-state index contributed by atoms with van der Waals surface area (Å²) in [5.74, 6) is 0.904. The minimum Gasteiger partial charge on any atom is -0.350 e. The number of rotatable bonds is 7. The number of hydrogen-bond acceptors (Lipinski definition) is 3. The van der Waals surface area contributed by atoms with Gasteiger partial charge in [0, 0.05) is 5.56 Å². The van der Waals surface area contributed by atoms with E-state index in [0.29, 0.717) is 0 Å². The molecular formula is C35H40BN3. The van der Waals surface area contributed by atoms with E-state index in [1.165, 1.54) is 22.2 Å². The maximum absolute atomic E-state index is 5.12. The summed E-state index contributed by atoms with van der Waals surface area (Å²) in [7, 11) is 1.08. The molecule has 0 saturated heterocycles. The van der Waals surface area contributed by atoms with E-state index in [1.807, 2.05) is 6.07 Å². The van der Waals surface area contributed by atoms with Crippen LogP contribution in [0, 0.1) is 10.8 Å². The Labute approximate surface area is 235 Å². The molecular weight excluding hydrogens is 473 g/mol. The summed E-state index contributed by atoms with van der Waals surface area (Å²) in [6.45, 7) is 11.8. The molecule has 4 heteroatoms. The number of benzene rings is 4. The Kier molecular flexibility index (Phi) is 7.77. The summed E-state index contributed by atoms with van der Waals surface area (Å²) in [5.41, 5.74) is 7.82. The summed E-state index contributed by atoms with van der Waals surface area (Å²) >= 11 is 0. The molecule has 4 aromatic carbocycles. The molecule has 2 unspecified atom stereocenters. The van der Waals surface area contributed by atoms with E-state index in [4.69, 9.17) is 4.99 Å². The molecule has 0 aromatic heterocycles. The van der Waals surface area contributed by atoms with Crippen LogP contribution in [0.2, 0.25) is 6.32 Å². The Morgan fingerprint density at radius 3 is 1.92 bits per heavy atom. The predicted octanol–water partition coefficient (Wildman–Crippen LogP) is 7.24. The Balaban J connectivity index is 1.43. The third kappa shape index (κ3) is 6.34. The van der Waals surface area contributed by atoms with Crippen molar-refractivity contribution in [2.75, 3.05) is 0 Å². The number of amidine groups is 1. The van der Waals surface area contributed by atoms with E-state index in [0.717, 1.165) is 30.6 Å². The summed E-state index contributed by atoms with van der Waals surface area (Å²) in [5, 5.41) is 7.34. The highest BCUT2D eigenvalue weighted by molar-refractivity contribution is 6.53. The van der Waals surface area contributed by atoms with Gasteiger partial charge in [0.15, 0.2) is 7.28 Å². The van der Waals surface area contributed by atoms with Gasteiger partial charge in [0.1, 0.15) is 18.2 Å². The zero-order chi connectivity index (χ0) is 27.5. The van der Waals surface area contributed by atoms with Gasteiger partial charge in [0.25, 0.3) is 0 Å². The van der Waals surface area contributed by atoms with Crippen LogP contribution in [-0.4, -0.2) is 13.1 Å². The molecule has 3 nitrogen and oxygen atoms in total. The Morgan fingerprint density at radius 2 is 1.26 bits per heavy atom. The van der Waals surface area contributed by atoms with Gasteiger partial charge in [-0.25, -0.2) is 4.99 Å². The smallest absolute Gasteiger partial charge is 0.158 e. The van der Waals surface area contributed by atoms with Gasteiger partial charge in [-0.2, -0.15) is 0 Å². The first-order valence-electron chi connectivity index (χ1n) is 14.1. The minimum absolute atomic E-state index is 0.0398. The third-order valence-corrected chi connectivity index (χ3v) is 8.58. The first-order chi connectivity index (χ1) is 18.7. The first kappa shape index (κ1) is 27.0. The maximum Gasteiger partial charge on any atom is 0.158 e. The van der Waals surface area contributed by atoms with Gasteiger partial charge in [0.2, 0.25) is 0 Å². The highest BCUT2D eigenvalue weighted by Gasteiger charge is 2.32. The van der Waals surface area contributed by atoms with Crippen molar-refractivity contribution in [3.05, 3.63) is 126 Å². The SMILES string of the molecule is CC(C)(C)C(C)(C)CBc1cccc(-c2cccc(C3=NC(c4ccccc4)NC(c4ccccc4)N3)c2)c1. The topological polar surface area (TPSA) is 36.4 Å². The van der Waals surface area contributed by atoms with Crippen molar-refractivity contribution in [3.8, 4) is 11.1 Å². The van der Waals surface area contributed by atoms with Crippen molar-refractivity contribution < 1.29 is 0 Å². The fourth-order valence-corrected chi connectivity index (χ4v) is 4.91. The zero-order valence-corrected chi connectivity index (χ0v) is 23.9. The maximum atomic E-state index is 5.12. The molecule has 2 N–H and O–H groups in total. The zero-order valence-electron chi connectivity index (χ0n) is 23.9. The van der Waals surface area contributed by atoms with Crippen molar-refractivity contribution >= 4 is 18.6 Å². The number of nitrogens with zero attached hydrogens (tertiary/aromatic N) is 1. The third-order valence-electron chi connectivity index (χ3n) is 8.58. The molecule has 0 radical (unpaired) electrons. The minimum atomic E-state index is -0.134. The van der Waals surface area contributed by atoms with Crippen LogP contribution >= 0.6 is 0 Å². The lowest BCUT2D eigenvalue weighted by molar-refractivity contribution is 0.157. The molecule has 198 valence electrons. The summed E-state index contributed by atoms with van der Waals surface area (Å²) in [6, 6.07) is 38.8. The first-order valence-corrected chi connectivity index (χ1v) is 14.1. The van der Waals surface area contributed by atoms with Crippen LogP contribution in [0.25, 0.3) is 11.1 Å². The molecule has 2 atom stereocenters. The van der Waals surface area contributed by atoms with Gasteiger partial charge in [-0.15, -0.1) is 0 Å². The van der Waals surface area contributed by atoms with E-state index >= 15 is 0 Å². The summed E-state index contributed by atoms with van der Waals surface area (Å²) in [6.07, 6.45) is 0.989. The quantitative estimate of drug-likeness (QED) is 0.256. The van der Waals surface area contributed by atoms with Crippen LogP contribution in [0.4, 0.5) is 0 Å². The normalized spacial score (nSPS) is 17.7. The highest BCUT2D eigenvalue weighted by Crippen LogP contribution is 2.40. The van der Waals surface area contributed by atoms with E-state index in [1.54, 1.807) is 0 Å². The molecule has 0 bridgehead atoms. The van der Waals surface area contributed by atoms with Crippen molar-refractivity contribution in [3.63, 3.8) is 0 Å². The molecule has 0 spiro atoms. The van der Waals surface area contributed by atoms with Crippen LogP contribution in [0.15, 0.2) is 114 Å². The van der Waals surface area contributed by atoms with E-state index in [-0.39, 0.29) is 23.2 Å². The molecule has 0 fully saturated rings. The average Bonchev–Trinajstić information content (AvgIpc) is 2.96. The Hall–Kier alpha value is -3.63. The van der Waals surface area contributed by atoms with Crippen LogP contribution in [0.3, 0.4) is 0 Å². The number of aliphatic imine (C=N–C) groups is 1. The molecule has 1 aliphatic rings. The largest absolute Gasteiger partial charge is 0.350 e. The number of nitrogens with one attached hydrogen (secondary N) is 2. The van der Waals surface area contributed by atoms with Crippen molar-refractivity contribution in [1.29, 1.82) is 0 Å². The summed E-state index contributed by atoms with van der Waals surface area (Å²) < 4.78 is 0. The van der Waals surface area contributed by atoms with Gasteiger partial charge in [-0.3, -0.25) is 5.32 Å². The molecule has 39 heavy (non-hydrogen) atoms. The van der Waals surface area contributed by atoms with Gasteiger partial charge in [0.05, 0.1) is 0 Å². The molecule has 0 amide bonds. The van der Waals surface area contributed by atoms with Crippen LogP contribution in [-0.2, 0) is 0 Å². The van der Waals surface area contributed by atoms with Crippen LogP contribution in [0.5, 0.6) is 0 Å². The molecule has 0 saturated carbocycles. The van der Waals surface area contributed by atoms with Crippen LogP contribution < -0.4 is 16.1 Å². The highest BCUT2D eigenvalue weighted by atomic mass is 15.3. The molecule has 4 aromatic rings. The second-order valence-corrected chi connectivity index (χ2v) is 12.4. The molecule has 1 heterocycles. The lowest BCUT2D eigenvalue weighted by Crippen LogP contribution is -2.44. The molecule has 0 aliphatic carbocycles. The summed E-state index contributed by atoms with van der Waals surface area (Å²) in [4.78, 5) is 5.12. The number of hydrogen-bond donors (Lipinski definition) is 2. The monoisotopic (exact) mass is 513 g/mol. The van der Waals surface area contributed by atoms with E-state index in [9.17, 15) is 0 Å². The van der Waals surface area contributed by atoms with E-state index < -0.39 is 0 Å². The van der Waals surface area contributed by atoms with Gasteiger partial charge in [-0.05, 0) is 39.2 Å². The van der Waals surface area contributed by atoms with Gasteiger partial charge < -0.3 is 5.32 Å². The predicted molar refractivity (Wildman–Crippen MR) is 168 cm³/mol. The van der Waals surface area contributed by atoms with Gasteiger partial charge >= 0.3 is 0 Å². The second-order valence-electron chi connectivity index (χ2n) is 12.4. The van der Waals surface area contributed by atoms with E-state index in [2.05, 4.69) is 148 Å². The lowest BCUT2D eigenvalue weighted by Gasteiger charge is -2.39. The standard InChI is InChI=1S/C35H40BN3/c1-34(2,3)35(4,5)24-36-30-21-13-19-28(23-30)27-18-12-20-29(22-27)33-38-31(25-14-8-6-9-15-25)37-32(39-33)26-16-10-7-11-17-26/h6-23,31-32,36-37H,24H2,1-5H3,(H,38,39).